The number of fused-ring (bicyclic) bond motifs is 1. The second-order valence-corrected chi connectivity index (χ2v) is 6.09. The second-order valence-electron chi connectivity index (χ2n) is 5.33. The van der Waals surface area contributed by atoms with Crippen LogP contribution in [-0.4, -0.2) is 41.3 Å². The number of aryl methyl sites for hydroxylation is 1. The fourth-order valence-electron chi connectivity index (χ4n) is 2.67. The van der Waals surface area contributed by atoms with E-state index in [0.29, 0.717) is 17.4 Å². The van der Waals surface area contributed by atoms with Gasteiger partial charge in [0.25, 0.3) is 0 Å². The van der Waals surface area contributed by atoms with Gasteiger partial charge in [-0.25, -0.2) is 4.85 Å². The first kappa shape index (κ1) is 17.1. The number of halogens is 2. The van der Waals surface area contributed by atoms with Crippen LogP contribution in [0.2, 0.25) is 0 Å². The minimum atomic E-state index is 0.652. The third-order valence-electron chi connectivity index (χ3n) is 3.85. The van der Waals surface area contributed by atoms with Gasteiger partial charge in [-0.15, -0.1) is 23.2 Å². The summed E-state index contributed by atoms with van der Waals surface area (Å²) in [4.78, 5) is 9.10. The van der Waals surface area contributed by atoms with Crippen LogP contribution >= 0.6 is 23.2 Å². The van der Waals surface area contributed by atoms with E-state index >= 15 is 0 Å². The van der Waals surface area contributed by atoms with Gasteiger partial charge < -0.3 is 9.88 Å². The van der Waals surface area contributed by atoms with Crippen LogP contribution in [-0.2, 0) is 6.42 Å². The molecule has 0 amide bonds. The summed E-state index contributed by atoms with van der Waals surface area (Å²) in [5.74, 6) is 1.30. The van der Waals surface area contributed by atoms with E-state index in [1.165, 1.54) is 10.9 Å². The summed E-state index contributed by atoms with van der Waals surface area (Å²) in [7, 11) is 0. The van der Waals surface area contributed by atoms with Crippen LogP contribution in [0.4, 0.5) is 5.69 Å². The van der Waals surface area contributed by atoms with Crippen molar-refractivity contribution in [1.29, 1.82) is 0 Å². The van der Waals surface area contributed by atoms with Crippen molar-refractivity contribution < 1.29 is 0 Å². The standard InChI is InChI=1S/C17H21Cl2N3/c1-20-15-5-6-17-16(12-15)14(13-21-17)4-2-3-9-22(10-7-18)11-8-19/h5-6,12-13,21H,2-4,7-11H2. The Bertz CT molecular complexity index is 624. The minimum Gasteiger partial charge on any atom is -0.361 e. The molecular weight excluding hydrogens is 317 g/mol. The summed E-state index contributed by atoms with van der Waals surface area (Å²) in [5.41, 5.74) is 3.10. The van der Waals surface area contributed by atoms with Crippen molar-refractivity contribution >= 4 is 39.8 Å². The van der Waals surface area contributed by atoms with E-state index in [4.69, 9.17) is 29.8 Å². The summed E-state index contributed by atoms with van der Waals surface area (Å²) in [5, 5.41) is 1.17. The van der Waals surface area contributed by atoms with Crippen LogP contribution < -0.4 is 0 Å². The Morgan fingerprint density at radius 1 is 1.09 bits per heavy atom. The number of nitrogens with zero attached hydrogens (tertiary/aromatic N) is 2. The fraction of sp³-hybridized carbons (Fsp3) is 0.471. The zero-order chi connectivity index (χ0) is 15.8. The molecule has 0 unspecified atom stereocenters. The highest BCUT2D eigenvalue weighted by molar-refractivity contribution is 6.18. The maximum Gasteiger partial charge on any atom is 0.187 e. The lowest BCUT2D eigenvalue weighted by Crippen LogP contribution is -2.29. The van der Waals surface area contributed by atoms with Gasteiger partial charge in [0.1, 0.15) is 0 Å². The lowest BCUT2D eigenvalue weighted by Gasteiger charge is -2.19. The highest BCUT2D eigenvalue weighted by Gasteiger charge is 2.06. The number of benzene rings is 1. The number of nitrogens with one attached hydrogen (secondary N) is 1. The molecular formula is C17H21Cl2N3. The minimum absolute atomic E-state index is 0.652. The van der Waals surface area contributed by atoms with Gasteiger partial charge in [0.15, 0.2) is 5.69 Å². The van der Waals surface area contributed by atoms with Crippen LogP contribution in [0, 0.1) is 6.57 Å². The molecule has 0 aliphatic carbocycles. The summed E-state index contributed by atoms with van der Waals surface area (Å²) in [6, 6.07) is 5.81. The molecule has 0 atom stereocenters. The predicted molar refractivity (Wildman–Crippen MR) is 95.4 cm³/mol. The Morgan fingerprint density at radius 3 is 2.55 bits per heavy atom. The molecule has 0 saturated heterocycles. The van der Waals surface area contributed by atoms with Crippen LogP contribution in [0.1, 0.15) is 18.4 Å². The molecule has 1 aromatic carbocycles. The number of H-pyrrole nitrogens is 1. The highest BCUT2D eigenvalue weighted by atomic mass is 35.5. The van der Waals surface area contributed by atoms with Crippen molar-refractivity contribution in [2.45, 2.75) is 19.3 Å². The van der Waals surface area contributed by atoms with Crippen molar-refractivity contribution in [3.05, 3.63) is 41.4 Å². The molecule has 0 spiro atoms. The van der Waals surface area contributed by atoms with E-state index < -0.39 is 0 Å². The molecule has 0 saturated carbocycles. The number of unbranched alkanes of at least 4 members (excludes halogenated alkanes) is 1. The monoisotopic (exact) mass is 337 g/mol. The molecule has 0 radical (unpaired) electrons. The van der Waals surface area contributed by atoms with Crippen LogP contribution in [0.25, 0.3) is 15.7 Å². The largest absolute Gasteiger partial charge is 0.361 e. The maximum atomic E-state index is 7.12. The maximum absolute atomic E-state index is 7.12. The average molecular weight is 338 g/mol. The molecule has 3 nitrogen and oxygen atoms in total. The number of aromatic amines is 1. The van der Waals surface area contributed by atoms with Gasteiger partial charge in [0.2, 0.25) is 0 Å². The fourth-order valence-corrected chi connectivity index (χ4v) is 3.15. The predicted octanol–water partition coefficient (Wildman–Crippen LogP) is 4.82. The van der Waals surface area contributed by atoms with Crippen molar-refractivity contribution in [3.63, 3.8) is 0 Å². The van der Waals surface area contributed by atoms with Gasteiger partial charge in [0, 0.05) is 36.6 Å². The molecule has 0 aliphatic heterocycles. The SMILES string of the molecule is [C-]#[N+]c1ccc2[nH]cc(CCCCN(CCCl)CCCl)c2c1. The van der Waals surface area contributed by atoms with Crippen LogP contribution in [0.5, 0.6) is 0 Å². The smallest absolute Gasteiger partial charge is 0.187 e. The molecule has 0 aliphatic rings. The third kappa shape index (κ3) is 4.64. The summed E-state index contributed by atoms with van der Waals surface area (Å²) in [6.07, 6.45) is 5.34. The van der Waals surface area contributed by atoms with E-state index in [-0.39, 0.29) is 0 Å². The first-order chi connectivity index (χ1) is 10.8. The summed E-state index contributed by atoms with van der Waals surface area (Å²) >= 11 is 11.6. The Labute approximate surface area is 142 Å². The van der Waals surface area contributed by atoms with Crippen LogP contribution in [0.3, 0.4) is 0 Å². The van der Waals surface area contributed by atoms with Gasteiger partial charge >= 0.3 is 0 Å². The quantitative estimate of drug-likeness (QED) is 0.395. The summed E-state index contributed by atoms with van der Waals surface area (Å²) in [6.45, 7) is 9.96. The lowest BCUT2D eigenvalue weighted by molar-refractivity contribution is 0.300. The van der Waals surface area contributed by atoms with E-state index in [1.54, 1.807) is 0 Å². The third-order valence-corrected chi connectivity index (χ3v) is 4.19. The molecule has 5 heteroatoms. The lowest BCUT2D eigenvalue weighted by atomic mass is 10.1. The van der Waals surface area contributed by atoms with Gasteiger partial charge in [-0.05, 0) is 48.9 Å². The van der Waals surface area contributed by atoms with Crippen molar-refractivity contribution in [3.8, 4) is 0 Å². The van der Waals surface area contributed by atoms with Crippen molar-refractivity contribution in [2.75, 3.05) is 31.4 Å². The molecule has 1 heterocycles. The first-order valence-corrected chi connectivity index (χ1v) is 8.67. The number of aromatic nitrogens is 1. The van der Waals surface area contributed by atoms with Crippen LogP contribution in [0.15, 0.2) is 24.4 Å². The molecule has 22 heavy (non-hydrogen) atoms. The average Bonchev–Trinajstić information content (AvgIpc) is 2.94. The van der Waals surface area contributed by atoms with Gasteiger partial charge in [-0.3, -0.25) is 0 Å². The second kappa shape index (κ2) is 9.05. The Kier molecular flexibility index (Phi) is 7.05. The zero-order valence-corrected chi connectivity index (χ0v) is 14.1. The van der Waals surface area contributed by atoms with E-state index in [2.05, 4.69) is 20.9 Å². The van der Waals surface area contributed by atoms with Gasteiger partial charge in [0.05, 0.1) is 6.57 Å². The number of hydrogen-bond acceptors (Lipinski definition) is 1. The van der Waals surface area contributed by atoms with E-state index in [1.807, 2.05) is 18.2 Å². The number of rotatable bonds is 9. The Balaban J connectivity index is 1.88. The molecule has 1 N–H and O–H groups in total. The van der Waals surface area contributed by atoms with Gasteiger partial charge in [-0.2, -0.15) is 0 Å². The molecule has 118 valence electrons. The normalized spacial score (nSPS) is 11.2. The first-order valence-electron chi connectivity index (χ1n) is 7.60. The molecule has 2 rings (SSSR count). The molecule has 0 fully saturated rings. The van der Waals surface area contributed by atoms with Gasteiger partial charge in [-0.1, -0.05) is 6.07 Å². The van der Waals surface area contributed by atoms with E-state index in [9.17, 15) is 0 Å². The zero-order valence-electron chi connectivity index (χ0n) is 12.6. The van der Waals surface area contributed by atoms with Crippen molar-refractivity contribution in [1.82, 2.24) is 9.88 Å². The van der Waals surface area contributed by atoms with E-state index in [0.717, 1.165) is 44.4 Å². The molecule has 0 bridgehead atoms. The summed E-state index contributed by atoms with van der Waals surface area (Å²) < 4.78 is 0. The topological polar surface area (TPSA) is 23.4 Å². The van der Waals surface area contributed by atoms with Crippen molar-refractivity contribution in [2.24, 2.45) is 0 Å². The molecule has 1 aromatic heterocycles. The Hall–Kier alpha value is -1.21. The molecule has 2 aromatic rings. The Morgan fingerprint density at radius 2 is 1.86 bits per heavy atom. The number of alkyl halides is 2. The number of hydrogen-bond donors (Lipinski definition) is 1. The highest BCUT2D eigenvalue weighted by Crippen LogP contribution is 2.25.